The van der Waals surface area contributed by atoms with Gasteiger partial charge in [0.15, 0.2) is 0 Å². The number of hydrogen-bond donors (Lipinski definition) is 1. The molecule has 1 heterocycles. The van der Waals surface area contributed by atoms with Crippen molar-refractivity contribution in [2.24, 2.45) is 0 Å². The standard InChI is InChI=1S/C14H20Br2N2O2S/c1-10(13-4-3-11(15)9-14(13)16)17-12-5-7-18(8-6-12)21(2,19)20/h3-4,9-10,12,17H,5-8H2,1-2H3. The number of halogens is 2. The van der Waals surface area contributed by atoms with E-state index in [4.69, 9.17) is 0 Å². The second-order valence-corrected chi connectivity index (χ2v) is 9.24. The highest BCUT2D eigenvalue weighted by molar-refractivity contribution is 9.11. The van der Waals surface area contributed by atoms with Gasteiger partial charge in [-0.3, -0.25) is 0 Å². The Morgan fingerprint density at radius 2 is 1.90 bits per heavy atom. The largest absolute Gasteiger partial charge is 0.307 e. The average molecular weight is 440 g/mol. The average Bonchev–Trinajstić information content (AvgIpc) is 2.38. The number of benzene rings is 1. The monoisotopic (exact) mass is 438 g/mol. The molecule has 0 aromatic heterocycles. The van der Waals surface area contributed by atoms with Gasteiger partial charge in [-0.25, -0.2) is 12.7 Å². The molecule has 118 valence electrons. The molecule has 1 aromatic rings. The molecule has 1 aliphatic heterocycles. The molecule has 1 aromatic carbocycles. The summed E-state index contributed by atoms with van der Waals surface area (Å²) in [7, 11) is -3.05. The number of piperidine rings is 1. The van der Waals surface area contributed by atoms with Gasteiger partial charge in [-0.1, -0.05) is 37.9 Å². The molecule has 0 radical (unpaired) electrons. The van der Waals surface area contributed by atoms with Gasteiger partial charge in [0.05, 0.1) is 6.26 Å². The molecule has 0 saturated carbocycles. The van der Waals surface area contributed by atoms with E-state index >= 15 is 0 Å². The van der Waals surface area contributed by atoms with Crippen molar-refractivity contribution < 1.29 is 8.42 Å². The third-order valence-corrected chi connectivity index (χ3v) is 6.32. The molecule has 1 N–H and O–H groups in total. The van der Waals surface area contributed by atoms with Gasteiger partial charge in [0.25, 0.3) is 0 Å². The molecule has 1 saturated heterocycles. The minimum atomic E-state index is -3.05. The van der Waals surface area contributed by atoms with Crippen LogP contribution in [-0.4, -0.2) is 38.1 Å². The highest BCUT2D eigenvalue weighted by Crippen LogP contribution is 2.28. The Kier molecular flexibility index (Phi) is 5.87. The zero-order valence-electron chi connectivity index (χ0n) is 12.1. The maximum atomic E-state index is 11.5. The Morgan fingerprint density at radius 3 is 2.43 bits per heavy atom. The summed E-state index contributed by atoms with van der Waals surface area (Å²) in [6.45, 7) is 3.34. The summed E-state index contributed by atoms with van der Waals surface area (Å²) in [6, 6.07) is 6.75. The summed E-state index contributed by atoms with van der Waals surface area (Å²) in [5, 5.41) is 3.60. The molecule has 0 amide bonds. The van der Waals surface area contributed by atoms with Crippen LogP contribution < -0.4 is 5.32 Å². The molecule has 21 heavy (non-hydrogen) atoms. The molecule has 1 fully saturated rings. The number of nitrogens with zero attached hydrogens (tertiary/aromatic N) is 1. The number of hydrogen-bond acceptors (Lipinski definition) is 3. The molecule has 4 nitrogen and oxygen atoms in total. The van der Waals surface area contributed by atoms with Crippen LogP contribution in [0.5, 0.6) is 0 Å². The van der Waals surface area contributed by atoms with Crippen LogP contribution in [0.4, 0.5) is 0 Å². The summed E-state index contributed by atoms with van der Waals surface area (Å²) in [5.74, 6) is 0. The van der Waals surface area contributed by atoms with Crippen molar-refractivity contribution in [1.29, 1.82) is 0 Å². The minimum absolute atomic E-state index is 0.224. The summed E-state index contributed by atoms with van der Waals surface area (Å²) < 4.78 is 26.7. The lowest BCUT2D eigenvalue weighted by molar-refractivity contribution is 0.278. The van der Waals surface area contributed by atoms with Crippen molar-refractivity contribution in [2.75, 3.05) is 19.3 Å². The first-order chi connectivity index (χ1) is 9.77. The van der Waals surface area contributed by atoms with E-state index in [0.717, 1.165) is 21.8 Å². The first-order valence-corrected chi connectivity index (χ1v) is 10.4. The van der Waals surface area contributed by atoms with E-state index in [9.17, 15) is 8.42 Å². The van der Waals surface area contributed by atoms with E-state index in [2.05, 4.69) is 50.2 Å². The molecular formula is C14H20Br2N2O2S. The zero-order valence-corrected chi connectivity index (χ0v) is 16.1. The maximum Gasteiger partial charge on any atom is 0.211 e. The molecule has 2 rings (SSSR count). The molecule has 1 aliphatic rings. The normalized spacial score (nSPS) is 19.6. The van der Waals surface area contributed by atoms with E-state index in [0.29, 0.717) is 19.1 Å². The van der Waals surface area contributed by atoms with Gasteiger partial charge in [-0.15, -0.1) is 0 Å². The Bertz CT molecular complexity index is 599. The first kappa shape index (κ1) is 17.4. The number of nitrogens with one attached hydrogen (secondary N) is 1. The van der Waals surface area contributed by atoms with Gasteiger partial charge in [0.2, 0.25) is 10.0 Å². The lowest BCUT2D eigenvalue weighted by Gasteiger charge is -2.32. The zero-order chi connectivity index (χ0) is 15.6. The Balaban J connectivity index is 1.94. The van der Waals surface area contributed by atoms with Crippen LogP contribution >= 0.6 is 31.9 Å². The summed E-state index contributed by atoms with van der Waals surface area (Å²) in [6.07, 6.45) is 2.99. The molecule has 0 spiro atoms. The predicted molar refractivity (Wildman–Crippen MR) is 92.8 cm³/mol. The van der Waals surface area contributed by atoms with Crippen LogP contribution in [0.3, 0.4) is 0 Å². The third-order valence-electron chi connectivity index (χ3n) is 3.84. The van der Waals surface area contributed by atoms with Gasteiger partial charge in [0.1, 0.15) is 0 Å². The van der Waals surface area contributed by atoms with E-state index in [1.54, 1.807) is 4.31 Å². The van der Waals surface area contributed by atoms with Gasteiger partial charge in [0, 0.05) is 34.1 Å². The van der Waals surface area contributed by atoms with Crippen molar-refractivity contribution >= 4 is 41.9 Å². The number of sulfonamides is 1. The fraction of sp³-hybridized carbons (Fsp3) is 0.571. The Hall–Kier alpha value is 0.0500. The van der Waals surface area contributed by atoms with Crippen molar-refractivity contribution in [2.45, 2.75) is 31.8 Å². The molecule has 0 bridgehead atoms. The highest BCUT2D eigenvalue weighted by Gasteiger charge is 2.25. The van der Waals surface area contributed by atoms with Crippen LogP contribution in [0.25, 0.3) is 0 Å². The minimum Gasteiger partial charge on any atom is -0.307 e. The van der Waals surface area contributed by atoms with Crippen LogP contribution in [-0.2, 0) is 10.0 Å². The van der Waals surface area contributed by atoms with E-state index < -0.39 is 10.0 Å². The number of rotatable bonds is 4. The summed E-state index contributed by atoms with van der Waals surface area (Å²) >= 11 is 7.05. The topological polar surface area (TPSA) is 49.4 Å². The van der Waals surface area contributed by atoms with E-state index in [1.165, 1.54) is 11.8 Å². The summed E-state index contributed by atoms with van der Waals surface area (Å²) in [4.78, 5) is 0. The predicted octanol–water partition coefficient (Wildman–Crippen LogP) is 3.29. The quantitative estimate of drug-likeness (QED) is 0.782. The van der Waals surface area contributed by atoms with Crippen LogP contribution in [0.15, 0.2) is 27.1 Å². The first-order valence-electron chi connectivity index (χ1n) is 6.93. The molecule has 7 heteroatoms. The van der Waals surface area contributed by atoms with Gasteiger partial charge in [-0.05, 0) is 37.5 Å². The SMILES string of the molecule is CC(NC1CCN(S(C)(=O)=O)CC1)c1ccc(Br)cc1Br. The van der Waals surface area contributed by atoms with Crippen LogP contribution in [0.1, 0.15) is 31.4 Å². The highest BCUT2D eigenvalue weighted by atomic mass is 79.9. The second kappa shape index (κ2) is 7.08. The Labute approximate surface area is 143 Å². The Morgan fingerprint density at radius 1 is 1.29 bits per heavy atom. The molecule has 1 atom stereocenters. The molecule has 0 aliphatic carbocycles. The van der Waals surface area contributed by atoms with E-state index in [1.807, 2.05) is 12.1 Å². The fourth-order valence-electron chi connectivity index (χ4n) is 2.65. The summed E-state index contributed by atoms with van der Waals surface area (Å²) in [5.41, 5.74) is 1.21. The second-order valence-electron chi connectivity index (χ2n) is 5.49. The van der Waals surface area contributed by atoms with E-state index in [-0.39, 0.29) is 6.04 Å². The van der Waals surface area contributed by atoms with Crippen molar-refractivity contribution in [3.05, 3.63) is 32.7 Å². The van der Waals surface area contributed by atoms with Crippen molar-refractivity contribution in [3.63, 3.8) is 0 Å². The lowest BCUT2D eigenvalue weighted by Crippen LogP contribution is -2.45. The van der Waals surface area contributed by atoms with Crippen molar-refractivity contribution in [1.82, 2.24) is 9.62 Å². The molecule has 1 unspecified atom stereocenters. The molecular weight excluding hydrogens is 420 g/mol. The van der Waals surface area contributed by atoms with Gasteiger partial charge >= 0.3 is 0 Å². The van der Waals surface area contributed by atoms with Crippen LogP contribution in [0, 0.1) is 0 Å². The van der Waals surface area contributed by atoms with Crippen molar-refractivity contribution in [3.8, 4) is 0 Å². The van der Waals surface area contributed by atoms with Gasteiger partial charge < -0.3 is 5.32 Å². The fourth-order valence-corrected chi connectivity index (χ4v) is 4.91. The third kappa shape index (κ3) is 4.76. The lowest BCUT2D eigenvalue weighted by atomic mass is 10.0. The maximum absolute atomic E-state index is 11.5. The smallest absolute Gasteiger partial charge is 0.211 e. The van der Waals surface area contributed by atoms with Gasteiger partial charge in [-0.2, -0.15) is 0 Å². The van der Waals surface area contributed by atoms with Crippen LogP contribution in [0.2, 0.25) is 0 Å².